The molecule has 0 aliphatic heterocycles. The van der Waals surface area contributed by atoms with Crippen molar-refractivity contribution in [2.75, 3.05) is 7.05 Å². The molecule has 126 valence electrons. The minimum absolute atomic E-state index is 0.106. The van der Waals surface area contributed by atoms with Gasteiger partial charge in [0, 0.05) is 19.5 Å². The summed E-state index contributed by atoms with van der Waals surface area (Å²) in [6.07, 6.45) is 5.25. The number of hydrogen-bond acceptors (Lipinski definition) is 2. The third-order valence-electron chi connectivity index (χ3n) is 5.11. The first-order valence-corrected chi connectivity index (χ1v) is 8.37. The Bertz CT molecular complexity index is 570. The Balaban J connectivity index is 1.91. The Morgan fingerprint density at radius 3 is 2.43 bits per heavy atom. The van der Waals surface area contributed by atoms with Gasteiger partial charge in [-0.05, 0) is 49.1 Å². The van der Waals surface area contributed by atoms with Crippen LogP contribution < -0.4 is 0 Å². The lowest BCUT2D eigenvalue weighted by Gasteiger charge is -2.38. The van der Waals surface area contributed by atoms with E-state index in [-0.39, 0.29) is 5.91 Å². The van der Waals surface area contributed by atoms with Gasteiger partial charge >= 0.3 is 5.97 Å². The highest BCUT2D eigenvalue weighted by Crippen LogP contribution is 2.36. The summed E-state index contributed by atoms with van der Waals surface area (Å²) in [6.45, 7) is 4.57. The Labute approximate surface area is 138 Å². The molecule has 0 unspecified atom stereocenters. The number of amides is 1. The summed E-state index contributed by atoms with van der Waals surface area (Å²) in [5.41, 5.74) is 1.41. The van der Waals surface area contributed by atoms with Crippen molar-refractivity contribution in [3.05, 3.63) is 35.4 Å². The van der Waals surface area contributed by atoms with Gasteiger partial charge in [-0.25, -0.2) is 4.79 Å². The van der Waals surface area contributed by atoms with Crippen LogP contribution >= 0.6 is 0 Å². The molecule has 0 radical (unpaired) electrons. The number of aryl methyl sites for hydroxylation is 1. The van der Waals surface area contributed by atoms with E-state index in [1.165, 1.54) is 0 Å². The molecule has 1 saturated carbocycles. The Hall–Kier alpha value is -1.84. The van der Waals surface area contributed by atoms with E-state index in [4.69, 9.17) is 0 Å². The van der Waals surface area contributed by atoms with Crippen molar-refractivity contribution in [3.63, 3.8) is 0 Å². The molecule has 2 rings (SSSR count). The van der Waals surface area contributed by atoms with Crippen molar-refractivity contribution >= 4 is 11.9 Å². The van der Waals surface area contributed by atoms with Crippen molar-refractivity contribution in [2.45, 2.75) is 58.4 Å². The fourth-order valence-electron chi connectivity index (χ4n) is 3.34. The van der Waals surface area contributed by atoms with Gasteiger partial charge in [0.15, 0.2) is 0 Å². The third kappa shape index (κ3) is 4.57. The smallest absolute Gasteiger partial charge is 0.335 e. The van der Waals surface area contributed by atoms with Crippen LogP contribution in [-0.4, -0.2) is 35.0 Å². The van der Waals surface area contributed by atoms with Gasteiger partial charge in [0.2, 0.25) is 5.91 Å². The summed E-state index contributed by atoms with van der Waals surface area (Å²) in [5.74, 6) is -0.828. The molecule has 0 bridgehead atoms. The molecule has 4 heteroatoms. The van der Waals surface area contributed by atoms with Crippen LogP contribution in [0.3, 0.4) is 0 Å². The van der Waals surface area contributed by atoms with Crippen LogP contribution in [0.5, 0.6) is 0 Å². The lowest BCUT2D eigenvalue weighted by atomic mass is 9.75. The fraction of sp³-hybridized carbons (Fsp3) is 0.579. The standard InChI is InChI=1S/C19H27NO3/c1-19(2)12-10-15(11-13-19)20(3)17(21)9-8-14-6-4-5-7-16(14)18(22)23/h4-7,15H,8-13H2,1-3H3,(H,22,23). The maximum atomic E-state index is 12.4. The Morgan fingerprint density at radius 2 is 1.83 bits per heavy atom. The lowest BCUT2D eigenvalue weighted by Crippen LogP contribution is -2.40. The van der Waals surface area contributed by atoms with E-state index in [9.17, 15) is 14.7 Å². The highest BCUT2D eigenvalue weighted by molar-refractivity contribution is 5.89. The van der Waals surface area contributed by atoms with E-state index in [2.05, 4.69) is 13.8 Å². The predicted molar refractivity (Wildman–Crippen MR) is 90.5 cm³/mol. The van der Waals surface area contributed by atoms with Crippen LogP contribution in [0.4, 0.5) is 0 Å². The second-order valence-corrected chi connectivity index (χ2v) is 7.36. The largest absolute Gasteiger partial charge is 0.478 e. The number of carboxylic acids is 1. The summed E-state index contributed by atoms with van der Waals surface area (Å²) in [4.78, 5) is 25.5. The Morgan fingerprint density at radius 1 is 1.22 bits per heavy atom. The molecule has 0 saturated heterocycles. The van der Waals surface area contributed by atoms with Crippen LogP contribution in [0.15, 0.2) is 24.3 Å². The summed E-state index contributed by atoms with van der Waals surface area (Å²) in [5, 5.41) is 9.20. The zero-order valence-electron chi connectivity index (χ0n) is 14.3. The highest BCUT2D eigenvalue weighted by atomic mass is 16.4. The summed E-state index contributed by atoms with van der Waals surface area (Å²) in [6, 6.07) is 7.24. The van der Waals surface area contributed by atoms with E-state index in [1.807, 2.05) is 18.0 Å². The SMILES string of the molecule is CN(C(=O)CCc1ccccc1C(=O)O)C1CCC(C)(C)CC1. The molecule has 0 spiro atoms. The van der Waals surface area contributed by atoms with E-state index < -0.39 is 5.97 Å². The number of rotatable bonds is 5. The second kappa shape index (κ2) is 7.16. The van der Waals surface area contributed by atoms with Crippen molar-refractivity contribution in [1.29, 1.82) is 0 Å². The maximum Gasteiger partial charge on any atom is 0.335 e. The van der Waals surface area contributed by atoms with Crippen LogP contribution in [0, 0.1) is 5.41 Å². The molecular formula is C19H27NO3. The monoisotopic (exact) mass is 317 g/mol. The van der Waals surface area contributed by atoms with Gasteiger partial charge in [0.1, 0.15) is 0 Å². The van der Waals surface area contributed by atoms with E-state index >= 15 is 0 Å². The zero-order valence-corrected chi connectivity index (χ0v) is 14.3. The van der Waals surface area contributed by atoms with Gasteiger partial charge in [-0.15, -0.1) is 0 Å². The second-order valence-electron chi connectivity index (χ2n) is 7.36. The summed E-state index contributed by atoms with van der Waals surface area (Å²) in [7, 11) is 1.88. The van der Waals surface area contributed by atoms with Crippen molar-refractivity contribution in [3.8, 4) is 0 Å². The van der Waals surface area contributed by atoms with E-state index in [1.54, 1.807) is 18.2 Å². The number of nitrogens with zero attached hydrogens (tertiary/aromatic N) is 1. The average Bonchev–Trinajstić information content (AvgIpc) is 2.52. The molecule has 1 fully saturated rings. The third-order valence-corrected chi connectivity index (χ3v) is 5.11. The first-order valence-electron chi connectivity index (χ1n) is 8.37. The lowest BCUT2D eigenvalue weighted by molar-refractivity contribution is -0.133. The van der Waals surface area contributed by atoms with Gasteiger partial charge in [-0.1, -0.05) is 32.0 Å². The van der Waals surface area contributed by atoms with Gasteiger partial charge in [-0.2, -0.15) is 0 Å². The van der Waals surface area contributed by atoms with E-state index in [0.717, 1.165) is 31.2 Å². The molecule has 1 aliphatic rings. The van der Waals surface area contributed by atoms with E-state index in [0.29, 0.717) is 29.9 Å². The van der Waals surface area contributed by atoms with Crippen LogP contribution in [-0.2, 0) is 11.2 Å². The minimum Gasteiger partial charge on any atom is -0.478 e. The highest BCUT2D eigenvalue weighted by Gasteiger charge is 2.30. The molecule has 4 nitrogen and oxygen atoms in total. The molecule has 1 N–H and O–H groups in total. The molecule has 1 aliphatic carbocycles. The normalized spacial score (nSPS) is 17.7. The first kappa shape index (κ1) is 17.5. The minimum atomic E-state index is -0.934. The van der Waals surface area contributed by atoms with Gasteiger partial charge in [0.25, 0.3) is 0 Å². The number of hydrogen-bond donors (Lipinski definition) is 1. The predicted octanol–water partition coefficient (Wildman–Crippen LogP) is 3.74. The topological polar surface area (TPSA) is 57.6 Å². The number of carbonyl (C=O) groups is 2. The van der Waals surface area contributed by atoms with Crippen LogP contribution in [0.25, 0.3) is 0 Å². The van der Waals surface area contributed by atoms with Crippen molar-refractivity contribution < 1.29 is 14.7 Å². The molecule has 1 aromatic rings. The average molecular weight is 317 g/mol. The van der Waals surface area contributed by atoms with Crippen molar-refractivity contribution in [2.24, 2.45) is 5.41 Å². The first-order chi connectivity index (χ1) is 10.8. The van der Waals surface area contributed by atoms with Gasteiger partial charge in [0.05, 0.1) is 5.56 Å². The molecule has 0 heterocycles. The molecular weight excluding hydrogens is 290 g/mol. The van der Waals surface area contributed by atoms with Crippen molar-refractivity contribution in [1.82, 2.24) is 4.90 Å². The molecule has 0 atom stereocenters. The molecule has 1 aromatic carbocycles. The Kier molecular flexibility index (Phi) is 5.45. The van der Waals surface area contributed by atoms with Crippen LogP contribution in [0.2, 0.25) is 0 Å². The maximum absolute atomic E-state index is 12.4. The number of carboxylic acid groups (broad SMARTS) is 1. The zero-order chi connectivity index (χ0) is 17.0. The summed E-state index contributed by atoms with van der Waals surface area (Å²) < 4.78 is 0. The molecule has 0 aromatic heterocycles. The fourth-order valence-corrected chi connectivity index (χ4v) is 3.34. The quantitative estimate of drug-likeness (QED) is 0.900. The van der Waals surface area contributed by atoms with Gasteiger partial charge in [-0.3, -0.25) is 4.79 Å². The molecule has 23 heavy (non-hydrogen) atoms. The van der Waals surface area contributed by atoms with Crippen LogP contribution in [0.1, 0.15) is 61.9 Å². The number of carbonyl (C=O) groups excluding carboxylic acids is 1. The number of aromatic carboxylic acids is 1. The van der Waals surface area contributed by atoms with Gasteiger partial charge < -0.3 is 10.0 Å². The number of benzene rings is 1. The molecule has 1 amide bonds. The summed E-state index contributed by atoms with van der Waals surface area (Å²) >= 11 is 0.